The molecule has 0 bridgehead atoms. The fourth-order valence-electron chi connectivity index (χ4n) is 3.90. The van der Waals surface area contributed by atoms with Crippen molar-refractivity contribution in [2.24, 2.45) is 22.5 Å². The highest BCUT2D eigenvalue weighted by Gasteiger charge is 2.48. The van der Waals surface area contributed by atoms with Crippen molar-refractivity contribution in [3.8, 4) is 0 Å². The number of nitrogens with zero attached hydrogens (tertiary/aromatic N) is 3. The Morgan fingerprint density at radius 3 is 2.48 bits per heavy atom. The zero-order valence-corrected chi connectivity index (χ0v) is 16.8. The number of aliphatic hydroxyl groups excluding tert-OH is 6. The number of Topliss-reactive ketones (excluding diaryl/α,β-unsaturated/α-hetero) is 1. The number of ketones is 1. The molecule has 1 saturated heterocycles. The van der Waals surface area contributed by atoms with Gasteiger partial charge in [-0.15, -0.1) is 0 Å². The van der Waals surface area contributed by atoms with Gasteiger partial charge in [0.2, 0.25) is 0 Å². The second-order valence-corrected chi connectivity index (χ2v) is 7.95. The van der Waals surface area contributed by atoms with Crippen LogP contribution in [0, 0.1) is 5.92 Å². The summed E-state index contributed by atoms with van der Waals surface area (Å²) in [5.74, 6) is -1.35. The Hall–Kier alpha value is -1.42. The number of aliphatic hydroxyl groups is 6. The third-order valence-corrected chi connectivity index (χ3v) is 5.79. The summed E-state index contributed by atoms with van der Waals surface area (Å²) in [6, 6.07) is -2.07. The molecule has 1 aliphatic carbocycles. The maximum absolute atomic E-state index is 12.2. The van der Waals surface area contributed by atoms with Crippen molar-refractivity contribution in [1.29, 1.82) is 0 Å². The van der Waals surface area contributed by atoms with Crippen molar-refractivity contribution >= 4 is 5.78 Å². The molecule has 11 atom stereocenters. The van der Waals surface area contributed by atoms with E-state index in [4.69, 9.17) is 26.5 Å². The smallest absolute Gasteiger partial charge is 0.176 e. The third kappa shape index (κ3) is 6.09. The molecule has 4 unspecified atom stereocenters. The zero-order chi connectivity index (χ0) is 23.3. The van der Waals surface area contributed by atoms with Crippen molar-refractivity contribution in [2.45, 2.75) is 80.4 Å². The summed E-state index contributed by atoms with van der Waals surface area (Å²) in [6.45, 7) is -0.676. The summed E-state index contributed by atoms with van der Waals surface area (Å²) < 4.78 is 11.0. The first-order valence-electron chi connectivity index (χ1n) is 9.99. The summed E-state index contributed by atoms with van der Waals surface area (Å²) in [4.78, 5) is 14.7. The first kappa shape index (κ1) is 25.8. The van der Waals surface area contributed by atoms with Crippen LogP contribution in [0.25, 0.3) is 10.4 Å². The molecular formula is C17H31N5O9. The lowest BCUT2D eigenvalue weighted by molar-refractivity contribution is -0.295. The van der Waals surface area contributed by atoms with Crippen molar-refractivity contribution in [1.82, 2.24) is 0 Å². The van der Waals surface area contributed by atoms with Crippen LogP contribution >= 0.6 is 0 Å². The molecule has 1 saturated carbocycles. The lowest BCUT2D eigenvalue weighted by atomic mass is 9.77. The minimum atomic E-state index is -1.53. The van der Waals surface area contributed by atoms with Crippen LogP contribution in [-0.2, 0) is 14.3 Å². The van der Waals surface area contributed by atoms with Gasteiger partial charge >= 0.3 is 0 Å². The quantitative estimate of drug-likeness (QED) is 0.0962. The highest BCUT2D eigenvalue weighted by molar-refractivity contribution is 5.83. The van der Waals surface area contributed by atoms with E-state index in [-0.39, 0.29) is 25.8 Å². The third-order valence-electron chi connectivity index (χ3n) is 5.79. The topological polar surface area (TPSA) is 258 Å². The minimum absolute atomic E-state index is 0.0638. The van der Waals surface area contributed by atoms with Gasteiger partial charge in [0.25, 0.3) is 0 Å². The van der Waals surface area contributed by atoms with Crippen LogP contribution in [0.2, 0.25) is 0 Å². The molecule has 0 aromatic carbocycles. The van der Waals surface area contributed by atoms with Crippen molar-refractivity contribution in [2.75, 3.05) is 13.2 Å². The summed E-state index contributed by atoms with van der Waals surface area (Å²) in [6.07, 6.45) is -11.1. The molecule has 0 amide bonds. The van der Waals surface area contributed by atoms with E-state index in [1.165, 1.54) is 0 Å². The zero-order valence-electron chi connectivity index (χ0n) is 16.8. The van der Waals surface area contributed by atoms with Crippen LogP contribution in [0.3, 0.4) is 0 Å². The molecule has 1 heterocycles. The van der Waals surface area contributed by atoms with Crippen LogP contribution in [-0.4, -0.2) is 111 Å². The van der Waals surface area contributed by atoms with Crippen LogP contribution < -0.4 is 11.5 Å². The highest BCUT2D eigenvalue weighted by atomic mass is 16.7. The molecular weight excluding hydrogens is 418 g/mol. The Labute approximate surface area is 178 Å². The van der Waals surface area contributed by atoms with Gasteiger partial charge in [-0.2, -0.15) is 0 Å². The molecule has 0 aromatic rings. The molecule has 14 nitrogen and oxygen atoms in total. The van der Waals surface area contributed by atoms with Gasteiger partial charge in [-0.25, -0.2) is 0 Å². The minimum Gasteiger partial charge on any atom is -0.394 e. The van der Waals surface area contributed by atoms with E-state index >= 15 is 0 Å². The maximum atomic E-state index is 12.2. The van der Waals surface area contributed by atoms with Gasteiger partial charge in [0, 0.05) is 23.9 Å². The van der Waals surface area contributed by atoms with Gasteiger partial charge in [-0.3, -0.25) is 4.79 Å². The molecule has 178 valence electrons. The number of azide groups is 1. The summed E-state index contributed by atoms with van der Waals surface area (Å²) in [7, 11) is 0. The number of rotatable bonds is 9. The Bertz CT molecular complexity index is 649. The number of hydrogen-bond acceptors (Lipinski definition) is 12. The molecule has 14 heteroatoms. The summed E-state index contributed by atoms with van der Waals surface area (Å²) in [5.41, 5.74) is 20.1. The number of carbonyl (C=O) groups excluding carboxylic acids is 1. The SMILES string of the molecule is [N-]=[N+]=NCC[C@H](O)C(=O)C[C@@H]1CC(N)[C@@H](O[C@H]2OC(CO)[C@@H](O)[C@H](O)C2N)[C@H](O)C1O. The van der Waals surface area contributed by atoms with Crippen LogP contribution in [0.15, 0.2) is 5.11 Å². The predicted molar refractivity (Wildman–Crippen MR) is 103 cm³/mol. The van der Waals surface area contributed by atoms with Crippen molar-refractivity contribution < 1.29 is 44.9 Å². The van der Waals surface area contributed by atoms with Crippen molar-refractivity contribution in [3.05, 3.63) is 10.4 Å². The number of ether oxygens (including phenoxy) is 2. The second-order valence-electron chi connectivity index (χ2n) is 7.95. The molecule has 2 fully saturated rings. The molecule has 0 radical (unpaired) electrons. The summed E-state index contributed by atoms with van der Waals surface area (Å²) in [5, 5.41) is 63.2. The monoisotopic (exact) mass is 449 g/mol. The average Bonchev–Trinajstić information content (AvgIpc) is 2.74. The molecule has 1 aliphatic heterocycles. The number of carbonyl (C=O) groups is 1. The second kappa shape index (κ2) is 11.4. The molecule has 0 aromatic heterocycles. The van der Waals surface area contributed by atoms with E-state index < -0.39 is 79.4 Å². The number of nitrogens with two attached hydrogens (primary N) is 2. The lowest BCUT2D eigenvalue weighted by Crippen LogP contribution is -2.66. The Morgan fingerprint density at radius 2 is 1.87 bits per heavy atom. The van der Waals surface area contributed by atoms with Crippen LogP contribution in [0.1, 0.15) is 19.3 Å². The maximum Gasteiger partial charge on any atom is 0.176 e. The highest BCUT2D eigenvalue weighted by Crippen LogP contribution is 2.32. The largest absolute Gasteiger partial charge is 0.394 e. The first-order chi connectivity index (χ1) is 14.6. The summed E-state index contributed by atoms with van der Waals surface area (Å²) >= 11 is 0. The lowest BCUT2D eigenvalue weighted by Gasteiger charge is -2.46. The molecule has 0 spiro atoms. The Morgan fingerprint density at radius 1 is 1.19 bits per heavy atom. The van der Waals surface area contributed by atoms with Gasteiger partial charge in [0.05, 0.1) is 18.8 Å². The molecule has 10 N–H and O–H groups in total. The molecule has 31 heavy (non-hydrogen) atoms. The molecule has 2 rings (SSSR count). The standard InChI is InChI=1S/C17H31N5O9/c18-7-3-6(4-9(25)8(24)1-2-21-22-20)12(26)15(29)16(7)31-17-11(19)14(28)13(27)10(5-23)30-17/h6-8,10-17,23-24,26-29H,1-5,18-19H2/t6-,7?,8-,10?,11?,12?,13+,14+,15+,16+,17+/m0/s1. The van der Waals surface area contributed by atoms with Crippen molar-refractivity contribution in [3.63, 3.8) is 0 Å². The fourth-order valence-corrected chi connectivity index (χ4v) is 3.90. The van der Waals surface area contributed by atoms with Gasteiger partial charge in [-0.1, -0.05) is 5.11 Å². The first-order valence-corrected chi connectivity index (χ1v) is 9.99. The number of hydrogen-bond donors (Lipinski definition) is 8. The van der Waals surface area contributed by atoms with E-state index in [1.54, 1.807) is 0 Å². The van der Waals surface area contributed by atoms with Gasteiger partial charge in [0.15, 0.2) is 12.1 Å². The van der Waals surface area contributed by atoms with Gasteiger partial charge in [0.1, 0.15) is 36.6 Å². The van der Waals surface area contributed by atoms with Crippen LogP contribution in [0.4, 0.5) is 0 Å². The van der Waals surface area contributed by atoms with E-state index in [0.717, 1.165) is 0 Å². The Kier molecular flexibility index (Phi) is 9.54. The van der Waals surface area contributed by atoms with E-state index in [2.05, 4.69) is 10.0 Å². The Balaban J connectivity index is 1.99. The molecule has 2 aliphatic rings. The normalized spacial score (nSPS) is 41.9. The van der Waals surface area contributed by atoms with Crippen LogP contribution in [0.5, 0.6) is 0 Å². The van der Waals surface area contributed by atoms with Gasteiger partial charge < -0.3 is 51.6 Å². The van der Waals surface area contributed by atoms with E-state index in [9.17, 15) is 35.4 Å². The average molecular weight is 449 g/mol. The van der Waals surface area contributed by atoms with Gasteiger partial charge in [-0.05, 0) is 24.3 Å². The van der Waals surface area contributed by atoms with E-state index in [1.807, 2.05) is 0 Å². The van der Waals surface area contributed by atoms with E-state index in [0.29, 0.717) is 0 Å². The fraction of sp³-hybridized carbons (Fsp3) is 0.941. The predicted octanol–water partition coefficient (Wildman–Crippen LogP) is -3.77.